The van der Waals surface area contributed by atoms with Crippen molar-refractivity contribution in [3.05, 3.63) is 46.7 Å². The topological polar surface area (TPSA) is 62.0 Å². The Morgan fingerprint density at radius 1 is 1.46 bits per heavy atom. The number of aromatic nitrogens is 1. The second-order valence-electron chi connectivity index (χ2n) is 4.77. The number of benzene rings is 1. The van der Waals surface area contributed by atoms with E-state index < -0.39 is 12.4 Å². The van der Waals surface area contributed by atoms with Crippen molar-refractivity contribution in [3.63, 3.8) is 0 Å². The van der Waals surface area contributed by atoms with E-state index in [-0.39, 0.29) is 18.1 Å². The molecule has 1 aromatic carbocycles. The van der Waals surface area contributed by atoms with Gasteiger partial charge < -0.3 is 14.2 Å². The third-order valence-electron chi connectivity index (χ3n) is 2.94. The van der Waals surface area contributed by atoms with E-state index in [0.717, 1.165) is 4.88 Å². The zero-order valence-electron chi connectivity index (χ0n) is 12.5. The summed E-state index contributed by atoms with van der Waals surface area (Å²) >= 11 is 1.25. The van der Waals surface area contributed by atoms with E-state index in [9.17, 15) is 13.6 Å². The van der Waals surface area contributed by atoms with E-state index in [2.05, 4.69) is 21.0 Å². The lowest BCUT2D eigenvalue weighted by molar-refractivity contribution is -0.286. The van der Waals surface area contributed by atoms with Crippen LogP contribution in [0.3, 0.4) is 0 Å². The molecule has 2 heterocycles. The van der Waals surface area contributed by atoms with Crippen molar-refractivity contribution < 1.29 is 27.8 Å². The molecule has 0 aliphatic carbocycles. The van der Waals surface area contributed by atoms with E-state index >= 15 is 0 Å². The van der Waals surface area contributed by atoms with Crippen LogP contribution in [-0.4, -0.2) is 23.6 Å². The monoisotopic (exact) mass is 354 g/mol. The Balaban J connectivity index is 1.98. The number of alkyl halides is 2. The summed E-state index contributed by atoms with van der Waals surface area (Å²) in [6, 6.07) is 4.31. The molecule has 3 rings (SSSR count). The molecular weight excluding hydrogens is 342 g/mol. The van der Waals surface area contributed by atoms with Crippen LogP contribution in [0.25, 0.3) is 5.69 Å². The molecular formula is C15H12F2N2O4S. The highest BCUT2D eigenvalue weighted by molar-refractivity contribution is 7.09. The molecule has 0 saturated heterocycles. The van der Waals surface area contributed by atoms with Crippen molar-refractivity contribution in [2.24, 2.45) is 4.99 Å². The first-order valence-corrected chi connectivity index (χ1v) is 7.61. The number of carbonyl (C=O) groups excluding carboxylic acids is 1. The second kappa shape index (κ2) is 6.08. The summed E-state index contributed by atoms with van der Waals surface area (Å²) in [5.41, 5.74) is 0.495. The Morgan fingerprint density at radius 2 is 2.21 bits per heavy atom. The number of fused-ring (bicyclic) bond motifs is 1. The van der Waals surface area contributed by atoms with Gasteiger partial charge in [0.1, 0.15) is 6.61 Å². The van der Waals surface area contributed by atoms with Crippen LogP contribution in [0.15, 0.2) is 42.0 Å². The Morgan fingerprint density at radius 3 is 2.96 bits per heavy atom. The van der Waals surface area contributed by atoms with Crippen LogP contribution in [0, 0.1) is 6.92 Å². The SMILES string of the molecule is C=CCOC(=O)N=c1sc(C)cn1-c1ccc2c(c1)OC(F)(F)O2. The maximum absolute atomic E-state index is 13.1. The normalized spacial score (nSPS) is 15.4. The van der Waals surface area contributed by atoms with Crippen molar-refractivity contribution in [2.75, 3.05) is 6.61 Å². The zero-order valence-corrected chi connectivity index (χ0v) is 13.3. The van der Waals surface area contributed by atoms with Gasteiger partial charge >= 0.3 is 12.4 Å². The van der Waals surface area contributed by atoms with Crippen molar-refractivity contribution >= 4 is 17.4 Å². The first kappa shape index (κ1) is 16.2. The average molecular weight is 354 g/mol. The lowest BCUT2D eigenvalue weighted by Crippen LogP contribution is -2.25. The summed E-state index contributed by atoms with van der Waals surface area (Å²) in [4.78, 5) is 16.7. The summed E-state index contributed by atoms with van der Waals surface area (Å²) in [5.74, 6) is -0.144. The number of carbonyl (C=O) groups is 1. The highest BCUT2D eigenvalue weighted by Crippen LogP contribution is 2.41. The molecule has 0 bridgehead atoms. The van der Waals surface area contributed by atoms with Gasteiger partial charge in [-0.05, 0) is 19.1 Å². The van der Waals surface area contributed by atoms with Gasteiger partial charge in [-0.1, -0.05) is 12.7 Å². The molecule has 1 aromatic heterocycles. The summed E-state index contributed by atoms with van der Waals surface area (Å²) in [6.45, 7) is 5.32. The van der Waals surface area contributed by atoms with Crippen molar-refractivity contribution in [2.45, 2.75) is 13.2 Å². The molecule has 0 unspecified atom stereocenters. The highest BCUT2D eigenvalue weighted by Gasteiger charge is 2.43. The molecule has 1 aliphatic rings. The zero-order chi connectivity index (χ0) is 17.3. The first-order valence-electron chi connectivity index (χ1n) is 6.80. The molecule has 1 amide bonds. The largest absolute Gasteiger partial charge is 0.586 e. The minimum Gasteiger partial charge on any atom is -0.444 e. The molecule has 0 atom stereocenters. The smallest absolute Gasteiger partial charge is 0.444 e. The Hall–Kier alpha value is -2.68. The number of amides is 1. The molecule has 24 heavy (non-hydrogen) atoms. The maximum Gasteiger partial charge on any atom is 0.586 e. The minimum atomic E-state index is -3.68. The van der Waals surface area contributed by atoms with Crippen molar-refractivity contribution in [3.8, 4) is 17.2 Å². The molecule has 9 heteroatoms. The number of halogens is 2. The van der Waals surface area contributed by atoms with Gasteiger partial charge in [-0.25, -0.2) is 4.79 Å². The van der Waals surface area contributed by atoms with Gasteiger partial charge in [-0.2, -0.15) is 0 Å². The highest BCUT2D eigenvalue weighted by atomic mass is 32.1. The van der Waals surface area contributed by atoms with E-state index in [0.29, 0.717) is 10.5 Å². The summed E-state index contributed by atoms with van der Waals surface area (Å²) in [7, 11) is 0. The van der Waals surface area contributed by atoms with Gasteiger partial charge in [-0.3, -0.25) is 4.57 Å². The van der Waals surface area contributed by atoms with E-state index in [1.54, 1.807) is 16.8 Å². The number of hydrogen-bond donors (Lipinski definition) is 0. The molecule has 0 N–H and O–H groups in total. The lowest BCUT2D eigenvalue weighted by atomic mass is 10.3. The quantitative estimate of drug-likeness (QED) is 0.793. The molecule has 0 saturated carbocycles. The fourth-order valence-corrected chi connectivity index (χ4v) is 2.87. The van der Waals surface area contributed by atoms with Crippen LogP contribution in [-0.2, 0) is 4.74 Å². The van der Waals surface area contributed by atoms with Gasteiger partial charge in [0.15, 0.2) is 11.5 Å². The minimum absolute atomic E-state index is 0.0474. The summed E-state index contributed by atoms with van der Waals surface area (Å²) in [6.07, 6.45) is -1.30. The van der Waals surface area contributed by atoms with Crippen LogP contribution in [0.4, 0.5) is 13.6 Å². The Bertz CT molecular complexity index is 873. The van der Waals surface area contributed by atoms with Crippen molar-refractivity contribution in [1.82, 2.24) is 4.57 Å². The van der Waals surface area contributed by atoms with Gasteiger partial charge in [-0.15, -0.1) is 25.1 Å². The van der Waals surface area contributed by atoms with Crippen LogP contribution in [0.1, 0.15) is 4.88 Å². The first-order chi connectivity index (χ1) is 11.4. The molecule has 126 valence electrons. The van der Waals surface area contributed by atoms with Crippen LogP contribution >= 0.6 is 11.3 Å². The lowest BCUT2D eigenvalue weighted by Gasteiger charge is -2.04. The van der Waals surface area contributed by atoms with E-state index in [4.69, 9.17) is 4.74 Å². The molecule has 0 spiro atoms. The summed E-state index contributed by atoms with van der Waals surface area (Å²) < 4.78 is 41.4. The molecule has 1 aliphatic heterocycles. The Labute approximate surface area is 139 Å². The number of thiazole rings is 1. The molecule has 6 nitrogen and oxygen atoms in total. The third kappa shape index (κ3) is 3.30. The number of aryl methyl sites for hydroxylation is 1. The van der Waals surface area contributed by atoms with E-state index in [1.807, 2.05) is 6.92 Å². The Kier molecular flexibility index (Phi) is 4.10. The number of ether oxygens (including phenoxy) is 3. The fourth-order valence-electron chi connectivity index (χ4n) is 2.05. The van der Waals surface area contributed by atoms with Crippen LogP contribution in [0.2, 0.25) is 0 Å². The number of nitrogens with zero attached hydrogens (tertiary/aromatic N) is 2. The third-order valence-corrected chi connectivity index (χ3v) is 3.84. The van der Waals surface area contributed by atoms with Gasteiger partial charge in [0, 0.05) is 17.1 Å². The molecule has 0 radical (unpaired) electrons. The second-order valence-corrected chi connectivity index (χ2v) is 5.98. The predicted octanol–water partition coefficient (Wildman–Crippen LogP) is 3.39. The molecule has 0 fully saturated rings. The van der Waals surface area contributed by atoms with E-state index in [1.165, 1.54) is 29.5 Å². The summed E-state index contributed by atoms with van der Waals surface area (Å²) in [5, 5.41) is 0. The fraction of sp³-hybridized carbons (Fsp3) is 0.200. The number of hydrogen-bond acceptors (Lipinski definition) is 5. The van der Waals surface area contributed by atoms with Crippen LogP contribution < -0.4 is 14.3 Å². The van der Waals surface area contributed by atoms with Gasteiger partial charge in [0.25, 0.3) is 0 Å². The van der Waals surface area contributed by atoms with Crippen LogP contribution in [0.5, 0.6) is 11.5 Å². The van der Waals surface area contributed by atoms with Gasteiger partial charge in [0.2, 0.25) is 4.80 Å². The van der Waals surface area contributed by atoms with Gasteiger partial charge in [0.05, 0.1) is 5.69 Å². The standard InChI is InChI=1S/C15H12F2N2O4S/c1-3-6-21-14(20)18-13-19(8-9(2)24-13)10-4-5-11-12(7-10)23-15(16,17)22-11/h3-5,7-8H,1,6H2,2H3. The maximum atomic E-state index is 13.1. The van der Waals surface area contributed by atoms with Crippen molar-refractivity contribution in [1.29, 1.82) is 0 Å². The average Bonchev–Trinajstić information content (AvgIpc) is 3.01. The predicted molar refractivity (Wildman–Crippen MR) is 81.7 cm³/mol. The number of rotatable bonds is 3. The molecule has 2 aromatic rings.